The fourth-order valence-electron chi connectivity index (χ4n) is 1.53. The van der Waals surface area contributed by atoms with Gasteiger partial charge in [0.15, 0.2) is 6.29 Å². The van der Waals surface area contributed by atoms with Crippen molar-refractivity contribution >= 4 is 6.29 Å². The molecule has 1 N–H and O–H groups in total. The van der Waals surface area contributed by atoms with E-state index in [4.69, 9.17) is 0 Å². The van der Waals surface area contributed by atoms with E-state index < -0.39 is 11.4 Å². The highest BCUT2D eigenvalue weighted by Crippen LogP contribution is 2.21. The van der Waals surface area contributed by atoms with Gasteiger partial charge in [-0.15, -0.1) is 0 Å². The zero-order valence-corrected chi connectivity index (χ0v) is 8.24. The van der Waals surface area contributed by atoms with Crippen molar-refractivity contribution in [3.8, 4) is 11.1 Å². The molecule has 16 heavy (non-hydrogen) atoms. The topological polar surface area (TPSA) is 49.9 Å². The van der Waals surface area contributed by atoms with Crippen molar-refractivity contribution in [3.63, 3.8) is 0 Å². The summed E-state index contributed by atoms with van der Waals surface area (Å²) in [6.45, 7) is 0. The van der Waals surface area contributed by atoms with Gasteiger partial charge in [0.05, 0.1) is 5.56 Å². The second-order valence-electron chi connectivity index (χ2n) is 3.23. The Hall–Kier alpha value is -2.23. The molecule has 0 aliphatic carbocycles. The van der Waals surface area contributed by atoms with Gasteiger partial charge >= 0.3 is 0 Å². The zero-order valence-electron chi connectivity index (χ0n) is 8.24. The lowest BCUT2D eigenvalue weighted by molar-refractivity contribution is 0.112. The molecule has 0 bridgehead atoms. The van der Waals surface area contributed by atoms with Gasteiger partial charge in [0.2, 0.25) is 0 Å². The summed E-state index contributed by atoms with van der Waals surface area (Å²) in [6.07, 6.45) is 1.90. The number of hydrogen-bond donors (Lipinski definition) is 1. The van der Waals surface area contributed by atoms with E-state index in [1.807, 2.05) is 0 Å². The summed E-state index contributed by atoms with van der Waals surface area (Å²) >= 11 is 0. The van der Waals surface area contributed by atoms with Crippen molar-refractivity contribution in [3.05, 3.63) is 58.3 Å². The Morgan fingerprint density at radius 1 is 1.19 bits per heavy atom. The van der Waals surface area contributed by atoms with Gasteiger partial charge in [0.25, 0.3) is 5.56 Å². The summed E-state index contributed by atoms with van der Waals surface area (Å²) in [5, 5.41) is 0. The predicted molar refractivity (Wildman–Crippen MR) is 57.8 cm³/mol. The normalized spacial score (nSPS) is 10.1. The molecule has 0 fully saturated rings. The molecule has 1 aromatic heterocycles. The number of pyridine rings is 1. The Labute approximate surface area is 90.6 Å². The van der Waals surface area contributed by atoms with Gasteiger partial charge in [-0.2, -0.15) is 0 Å². The summed E-state index contributed by atoms with van der Waals surface area (Å²) in [6, 6.07) is 7.29. The smallest absolute Gasteiger partial charge is 0.256 e. The molecule has 0 spiro atoms. The molecule has 0 unspecified atom stereocenters. The van der Waals surface area contributed by atoms with Crippen LogP contribution in [0.1, 0.15) is 10.4 Å². The molecule has 0 saturated carbocycles. The highest BCUT2D eigenvalue weighted by molar-refractivity contribution is 5.86. The first kappa shape index (κ1) is 10.3. The number of H-pyrrole nitrogens is 1. The number of rotatable bonds is 2. The second kappa shape index (κ2) is 4.10. The average Bonchev–Trinajstić information content (AvgIpc) is 2.30. The fraction of sp³-hybridized carbons (Fsp3) is 0. The quantitative estimate of drug-likeness (QED) is 0.782. The molecule has 2 aromatic rings. The van der Waals surface area contributed by atoms with Gasteiger partial charge < -0.3 is 4.98 Å². The number of nitrogens with one attached hydrogen (secondary N) is 1. The van der Waals surface area contributed by atoms with Crippen molar-refractivity contribution in [2.75, 3.05) is 0 Å². The standard InChI is InChI=1S/C12H8FNO2/c13-10-4-2-1-3-9(10)11-8(7-15)5-6-14-12(11)16/h1-7H,(H,14,16). The van der Waals surface area contributed by atoms with Crippen molar-refractivity contribution in [1.82, 2.24) is 4.98 Å². The van der Waals surface area contributed by atoms with Crippen LogP contribution in [0.2, 0.25) is 0 Å². The summed E-state index contributed by atoms with van der Waals surface area (Å²) in [5.41, 5.74) is -0.106. The van der Waals surface area contributed by atoms with Gasteiger partial charge in [-0.1, -0.05) is 18.2 Å². The van der Waals surface area contributed by atoms with E-state index in [-0.39, 0.29) is 16.7 Å². The van der Waals surface area contributed by atoms with Crippen LogP contribution in [0.3, 0.4) is 0 Å². The van der Waals surface area contributed by atoms with Gasteiger partial charge in [-0.05, 0) is 12.1 Å². The van der Waals surface area contributed by atoms with Gasteiger partial charge in [-0.3, -0.25) is 9.59 Å². The third-order valence-corrected chi connectivity index (χ3v) is 2.26. The highest BCUT2D eigenvalue weighted by Gasteiger charge is 2.12. The highest BCUT2D eigenvalue weighted by atomic mass is 19.1. The molecular formula is C12H8FNO2. The summed E-state index contributed by atoms with van der Waals surface area (Å²) in [7, 11) is 0. The van der Waals surface area contributed by atoms with Crippen molar-refractivity contribution in [2.24, 2.45) is 0 Å². The van der Waals surface area contributed by atoms with Crippen LogP contribution in [0.25, 0.3) is 11.1 Å². The number of aldehydes is 1. The van der Waals surface area contributed by atoms with E-state index in [0.29, 0.717) is 6.29 Å². The second-order valence-corrected chi connectivity index (χ2v) is 3.23. The molecule has 2 rings (SSSR count). The summed E-state index contributed by atoms with van der Waals surface area (Å²) < 4.78 is 13.5. The molecule has 0 saturated heterocycles. The zero-order chi connectivity index (χ0) is 11.5. The molecule has 4 heteroatoms. The lowest BCUT2D eigenvalue weighted by Gasteiger charge is -2.04. The van der Waals surface area contributed by atoms with Crippen LogP contribution in [0.4, 0.5) is 4.39 Å². The third-order valence-electron chi connectivity index (χ3n) is 2.26. The van der Waals surface area contributed by atoms with E-state index in [1.165, 1.54) is 30.5 Å². The number of benzene rings is 1. The number of carbonyl (C=O) groups excluding carboxylic acids is 1. The van der Waals surface area contributed by atoms with Crippen LogP contribution in [-0.4, -0.2) is 11.3 Å². The first-order chi connectivity index (χ1) is 7.74. The molecule has 0 radical (unpaired) electrons. The van der Waals surface area contributed by atoms with Crippen LogP contribution >= 0.6 is 0 Å². The van der Waals surface area contributed by atoms with Crippen LogP contribution < -0.4 is 5.56 Å². The van der Waals surface area contributed by atoms with Crippen LogP contribution in [0.5, 0.6) is 0 Å². The Kier molecular flexibility index (Phi) is 2.64. The largest absolute Gasteiger partial charge is 0.329 e. The molecule has 3 nitrogen and oxygen atoms in total. The minimum absolute atomic E-state index is 0.0654. The first-order valence-corrected chi connectivity index (χ1v) is 4.66. The van der Waals surface area contributed by atoms with Crippen molar-refractivity contribution in [2.45, 2.75) is 0 Å². The van der Waals surface area contributed by atoms with E-state index >= 15 is 0 Å². The number of aromatic nitrogens is 1. The average molecular weight is 217 g/mol. The summed E-state index contributed by atoms with van der Waals surface area (Å²) in [5.74, 6) is -0.526. The SMILES string of the molecule is O=Cc1cc[nH]c(=O)c1-c1ccccc1F. The van der Waals surface area contributed by atoms with Crippen LogP contribution in [0, 0.1) is 5.82 Å². The number of carbonyl (C=O) groups is 1. The van der Waals surface area contributed by atoms with E-state index in [2.05, 4.69) is 4.98 Å². The first-order valence-electron chi connectivity index (χ1n) is 4.66. The van der Waals surface area contributed by atoms with E-state index in [1.54, 1.807) is 6.07 Å². The Bertz CT molecular complexity index is 590. The summed E-state index contributed by atoms with van der Waals surface area (Å²) in [4.78, 5) is 24.8. The molecule has 0 aliphatic heterocycles. The third kappa shape index (κ3) is 1.65. The maximum atomic E-state index is 13.5. The van der Waals surface area contributed by atoms with Gasteiger partial charge in [0.1, 0.15) is 5.82 Å². The van der Waals surface area contributed by atoms with Gasteiger partial charge in [0, 0.05) is 17.3 Å². The molecule has 80 valence electrons. The van der Waals surface area contributed by atoms with E-state index in [9.17, 15) is 14.0 Å². The molecular weight excluding hydrogens is 209 g/mol. The Morgan fingerprint density at radius 3 is 2.62 bits per heavy atom. The maximum Gasteiger partial charge on any atom is 0.256 e. The van der Waals surface area contributed by atoms with Gasteiger partial charge in [-0.25, -0.2) is 4.39 Å². The minimum Gasteiger partial charge on any atom is -0.329 e. The number of hydrogen-bond acceptors (Lipinski definition) is 2. The monoisotopic (exact) mass is 217 g/mol. The lowest BCUT2D eigenvalue weighted by atomic mass is 10.0. The fourth-order valence-corrected chi connectivity index (χ4v) is 1.53. The Morgan fingerprint density at radius 2 is 1.94 bits per heavy atom. The van der Waals surface area contributed by atoms with Crippen LogP contribution in [0.15, 0.2) is 41.3 Å². The molecule has 1 aromatic carbocycles. The van der Waals surface area contributed by atoms with E-state index in [0.717, 1.165) is 0 Å². The van der Waals surface area contributed by atoms with Crippen LogP contribution in [-0.2, 0) is 0 Å². The lowest BCUT2D eigenvalue weighted by Crippen LogP contribution is -2.11. The molecule has 0 amide bonds. The predicted octanol–water partition coefficient (Wildman–Crippen LogP) is 1.99. The Balaban J connectivity index is 2.78. The molecule has 0 atom stereocenters. The number of halogens is 1. The number of aromatic amines is 1. The van der Waals surface area contributed by atoms with Crippen molar-refractivity contribution in [1.29, 1.82) is 0 Å². The minimum atomic E-state index is -0.526. The molecule has 1 heterocycles. The van der Waals surface area contributed by atoms with Crippen molar-refractivity contribution < 1.29 is 9.18 Å². The molecule has 0 aliphatic rings. The maximum absolute atomic E-state index is 13.5.